The molecule has 3 aliphatic rings. The maximum absolute atomic E-state index is 13.0. The van der Waals surface area contributed by atoms with Gasteiger partial charge in [0, 0.05) is 12.0 Å². The molecule has 0 N–H and O–H groups in total. The smallest absolute Gasteiger partial charge is 0.313 e. The summed E-state index contributed by atoms with van der Waals surface area (Å²) in [5.74, 6) is 2.48. The molecular formula is C19H26O3. The van der Waals surface area contributed by atoms with Crippen LogP contribution < -0.4 is 0 Å². The lowest BCUT2D eigenvalue weighted by Gasteiger charge is -2.51. The summed E-state index contributed by atoms with van der Waals surface area (Å²) in [4.78, 5) is 13.0. The van der Waals surface area contributed by atoms with Crippen LogP contribution in [0.25, 0.3) is 0 Å². The highest BCUT2D eigenvalue weighted by atomic mass is 16.6. The Balaban J connectivity index is 1.69. The van der Waals surface area contributed by atoms with Crippen LogP contribution in [0.15, 0.2) is 23.0 Å². The normalized spacial score (nSPS) is 44.8. The van der Waals surface area contributed by atoms with Gasteiger partial charge in [-0.3, -0.25) is 4.79 Å². The summed E-state index contributed by atoms with van der Waals surface area (Å²) < 4.78 is 11.1. The molecule has 1 aromatic rings. The molecule has 1 aliphatic heterocycles. The van der Waals surface area contributed by atoms with Crippen LogP contribution in [-0.2, 0) is 9.53 Å². The van der Waals surface area contributed by atoms with Crippen LogP contribution in [0, 0.1) is 29.1 Å². The standard InChI is InChI=1S/C19H26O3/c1-12-4-3-5-16-15(12)7-6-13(2)19(16)10-17(22-18(19)20)14-8-9-21-11-14/h8-9,11-13,15-17H,3-7,10H2,1-2H3. The molecule has 0 bridgehead atoms. The van der Waals surface area contributed by atoms with Crippen LogP contribution in [0.1, 0.15) is 64.0 Å². The second kappa shape index (κ2) is 5.14. The fourth-order valence-electron chi connectivity index (χ4n) is 5.70. The van der Waals surface area contributed by atoms with Crippen LogP contribution in [0.2, 0.25) is 0 Å². The molecule has 1 saturated heterocycles. The van der Waals surface area contributed by atoms with Crippen molar-refractivity contribution in [3.8, 4) is 0 Å². The lowest BCUT2D eigenvalue weighted by atomic mass is 9.50. The van der Waals surface area contributed by atoms with E-state index in [1.54, 1.807) is 12.5 Å². The molecule has 2 saturated carbocycles. The molecule has 120 valence electrons. The molecule has 2 heterocycles. The highest BCUT2D eigenvalue weighted by molar-refractivity contribution is 5.80. The van der Waals surface area contributed by atoms with Gasteiger partial charge in [-0.15, -0.1) is 0 Å². The lowest BCUT2D eigenvalue weighted by molar-refractivity contribution is -0.161. The molecule has 4 rings (SSSR count). The average Bonchev–Trinajstić information content (AvgIpc) is 3.13. The number of fused-ring (bicyclic) bond motifs is 2. The predicted octanol–water partition coefficient (Wildman–Crippen LogP) is 4.74. The van der Waals surface area contributed by atoms with E-state index in [0.29, 0.717) is 17.8 Å². The predicted molar refractivity (Wildman–Crippen MR) is 83.0 cm³/mol. The van der Waals surface area contributed by atoms with Crippen LogP contribution in [0.5, 0.6) is 0 Å². The summed E-state index contributed by atoms with van der Waals surface area (Å²) in [6.07, 6.45) is 10.4. The van der Waals surface area contributed by atoms with E-state index in [1.165, 1.54) is 32.1 Å². The molecule has 6 unspecified atom stereocenters. The van der Waals surface area contributed by atoms with Gasteiger partial charge in [-0.05, 0) is 49.0 Å². The molecule has 0 amide bonds. The van der Waals surface area contributed by atoms with Crippen molar-refractivity contribution in [1.29, 1.82) is 0 Å². The van der Waals surface area contributed by atoms with Crippen LogP contribution in [-0.4, -0.2) is 5.97 Å². The number of hydrogen-bond donors (Lipinski definition) is 0. The van der Waals surface area contributed by atoms with E-state index >= 15 is 0 Å². The number of furan rings is 1. The van der Waals surface area contributed by atoms with Gasteiger partial charge in [0.2, 0.25) is 0 Å². The summed E-state index contributed by atoms with van der Waals surface area (Å²) >= 11 is 0. The number of esters is 1. The van der Waals surface area contributed by atoms with Crippen LogP contribution in [0.4, 0.5) is 0 Å². The molecule has 3 nitrogen and oxygen atoms in total. The van der Waals surface area contributed by atoms with Crippen molar-refractivity contribution < 1.29 is 13.9 Å². The third-order valence-corrected chi connectivity index (χ3v) is 6.96. The van der Waals surface area contributed by atoms with Crippen molar-refractivity contribution in [3.05, 3.63) is 24.2 Å². The van der Waals surface area contributed by atoms with E-state index in [1.807, 2.05) is 6.07 Å². The van der Waals surface area contributed by atoms with E-state index in [2.05, 4.69) is 13.8 Å². The SMILES string of the molecule is CC1CCCC2C1CCC(C)C21CC(c2ccoc2)OC1=O. The largest absolute Gasteiger partial charge is 0.472 e. The van der Waals surface area contributed by atoms with Crippen molar-refractivity contribution in [3.63, 3.8) is 0 Å². The zero-order chi connectivity index (χ0) is 15.3. The van der Waals surface area contributed by atoms with E-state index in [9.17, 15) is 4.79 Å². The zero-order valence-corrected chi connectivity index (χ0v) is 13.6. The van der Waals surface area contributed by atoms with Crippen molar-refractivity contribution in [2.24, 2.45) is 29.1 Å². The van der Waals surface area contributed by atoms with Gasteiger partial charge in [-0.1, -0.05) is 26.7 Å². The van der Waals surface area contributed by atoms with Gasteiger partial charge in [0.25, 0.3) is 0 Å². The Bertz CT molecular complexity index is 549. The van der Waals surface area contributed by atoms with Crippen molar-refractivity contribution >= 4 is 5.97 Å². The third kappa shape index (κ3) is 1.90. The van der Waals surface area contributed by atoms with Crippen molar-refractivity contribution in [1.82, 2.24) is 0 Å². The highest BCUT2D eigenvalue weighted by Crippen LogP contribution is 2.61. The number of carbonyl (C=O) groups is 1. The maximum Gasteiger partial charge on any atom is 0.313 e. The van der Waals surface area contributed by atoms with E-state index in [-0.39, 0.29) is 17.5 Å². The molecule has 1 spiro atoms. The summed E-state index contributed by atoms with van der Waals surface area (Å²) in [7, 11) is 0. The van der Waals surface area contributed by atoms with Crippen molar-refractivity contribution in [2.45, 2.75) is 58.5 Å². The van der Waals surface area contributed by atoms with E-state index in [0.717, 1.165) is 17.9 Å². The first-order chi connectivity index (χ1) is 10.6. The summed E-state index contributed by atoms with van der Waals surface area (Å²) in [5, 5.41) is 0. The molecule has 2 aliphatic carbocycles. The summed E-state index contributed by atoms with van der Waals surface area (Å²) in [6, 6.07) is 1.94. The molecule has 3 heteroatoms. The van der Waals surface area contributed by atoms with E-state index in [4.69, 9.17) is 9.15 Å². The first-order valence-electron chi connectivity index (χ1n) is 8.86. The first kappa shape index (κ1) is 14.3. The lowest BCUT2D eigenvalue weighted by Crippen LogP contribution is -2.50. The van der Waals surface area contributed by atoms with Gasteiger partial charge >= 0.3 is 5.97 Å². The Hall–Kier alpha value is -1.25. The van der Waals surface area contributed by atoms with Gasteiger partial charge in [-0.25, -0.2) is 0 Å². The Morgan fingerprint density at radius 3 is 2.82 bits per heavy atom. The molecule has 3 fully saturated rings. The second-order valence-electron chi connectivity index (χ2n) is 7.85. The number of ether oxygens (including phenoxy) is 1. The van der Waals surface area contributed by atoms with Crippen molar-refractivity contribution in [2.75, 3.05) is 0 Å². The van der Waals surface area contributed by atoms with Gasteiger partial charge in [-0.2, -0.15) is 0 Å². The minimum Gasteiger partial charge on any atom is -0.472 e. The Labute approximate surface area is 132 Å². The number of rotatable bonds is 1. The Kier molecular flexibility index (Phi) is 3.35. The molecule has 1 aromatic heterocycles. The fourth-order valence-corrected chi connectivity index (χ4v) is 5.70. The maximum atomic E-state index is 13.0. The van der Waals surface area contributed by atoms with E-state index < -0.39 is 0 Å². The number of hydrogen-bond acceptors (Lipinski definition) is 3. The third-order valence-electron chi connectivity index (χ3n) is 6.96. The molecule has 6 atom stereocenters. The summed E-state index contributed by atoms with van der Waals surface area (Å²) in [5.41, 5.74) is 0.767. The topological polar surface area (TPSA) is 39.4 Å². The molecule has 22 heavy (non-hydrogen) atoms. The first-order valence-corrected chi connectivity index (χ1v) is 8.86. The highest BCUT2D eigenvalue weighted by Gasteiger charge is 2.61. The quantitative estimate of drug-likeness (QED) is 0.704. The summed E-state index contributed by atoms with van der Waals surface area (Å²) in [6.45, 7) is 4.66. The van der Waals surface area contributed by atoms with Gasteiger partial charge < -0.3 is 9.15 Å². The minimum atomic E-state index is -0.250. The molecule has 0 aromatic carbocycles. The van der Waals surface area contributed by atoms with Crippen LogP contribution in [0.3, 0.4) is 0 Å². The monoisotopic (exact) mass is 302 g/mol. The average molecular weight is 302 g/mol. The van der Waals surface area contributed by atoms with Gasteiger partial charge in [0.15, 0.2) is 0 Å². The molecular weight excluding hydrogens is 276 g/mol. The van der Waals surface area contributed by atoms with Gasteiger partial charge in [0.05, 0.1) is 17.9 Å². The number of carbonyl (C=O) groups excluding carboxylic acids is 1. The Morgan fingerprint density at radius 1 is 1.18 bits per heavy atom. The Morgan fingerprint density at radius 2 is 2.05 bits per heavy atom. The second-order valence-corrected chi connectivity index (χ2v) is 7.85. The fraction of sp³-hybridized carbons (Fsp3) is 0.737. The minimum absolute atomic E-state index is 0.0648. The zero-order valence-electron chi connectivity index (χ0n) is 13.6. The van der Waals surface area contributed by atoms with Gasteiger partial charge in [0.1, 0.15) is 6.10 Å². The van der Waals surface area contributed by atoms with Crippen LogP contribution >= 0.6 is 0 Å². The molecule has 0 radical (unpaired) electrons. The number of cyclic esters (lactones) is 1.